The number of aryl methyl sites for hydroxylation is 1. The monoisotopic (exact) mass is 161 g/mol. The van der Waals surface area contributed by atoms with Crippen LogP contribution in [0.25, 0.3) is 0 Å². The summed E-state index contributed by atoms with van der Waals surface area (Å²) < 4.78 is 0. The maximum atomic E-state index is 10.2. The predicted octanol–water partition coefficient (Wildman–Crippen LogP) is -0.980. The van der Waals surface area contributed by atoms with Crippen LogP contribution in [0.4, 0.5) is 5.69 Å². The molecule has 4 heteroatoms. The number of rotatable bonds is 1. The van der Waals surface area contributed by atoms with Crippen molar-refractivity contribution in [2.45, 2.75) is 6.92 Å². The van der Waals surface area contributed by atoms with Gasteiger partial charge in [0.1, 0.15) is 0 Å². The second kappa shape index (κ2) is 4.49. The third-order valence-electron chi connectivity index (χ3n) is 1.21. The van der Waals surface area contributed by atoms with Gasteiger partial charge in [-0.05, 0) is 12.5 Å². The largest absolute Gasteiger partial charge is 1.00 e. The normalized spacial score (nSPS) is 8.45. The summed E-state index contributed by atoms with van der Waals surface area (Å²) in [6.07, 6.45) is 0. The molecule has 0 spiro atoms. The zero-order valence-electron chi connectivity index (χ0n) is 7.57. The van der Waals surface area contributed by atoms with E-state index < -0.39 is 4.92 Å². The van der Waals surface area contributed by atoms with Crippen LogP contribution < -0.4 is 29.6 Å². The van der Waals surface area contributed by atoms with E-state index in [0.29, 0.717) is 0 Å². The van der Waals surface area contributed by atoms with E-state index in [1.54, 1.807) is 12.1 Å². The second-order valence-corrected chi connectivity index (χ2v) is 2.10. The van der Waals surface area contributed by atoms with Gasteiger partial charge in [0.15, 0.2) is 0 Å². The van der Waals surface area contributed by atoms with Crippen LogP contribution in [0, 0.1) is 17.0 Å². The van der Waals surface area contributed by atoms with Gasteiger partial charge in [0, 0.05) is 12.1 Å². The van der Waals surface area contributed by atoms with Gasteiger partial charge in [0.05, 0.1) is 4.92 Å². The fraction of sp³-hybridized carbons (Fsp3) is 0.143. The molecule has 1 aromatic rings. The Bertz CT molecular complexity index is 267. The zero-order valence-corrected chi connectivity index (χ0v) is 8.57. The first-order valence-electron chi connectivity index (χ1n) is 2.91. The molecule has 0 heterocycles. The van der Waals surface area contributed by atoms with Gasteiger partial charge in [-0.3, -0.25) is 10.1 Å². The quantitative estimate of drug-likeness (QED) is 0.302. The molecule has 0 saturated heterocycles. The Hall–Kier alpha value is -0.380. The molecule has 11 heavy (non-hydrogen) atoms. The summed E-state index contributed by atoms with van der Waals surface area (Å²) in [6, 6.07) is 6.52. The van der Waals surface area contributed by atoms with Crippen molar-refractivity contribution in [2.75, 3.05) is 0 Å². The van der Waals surface area contributed by atoms with Crippen LogP contribution in [0.5, 0.6) is 0 Å². The average molecular weight is 161 g/mol. The molecule has 54 valence electrons. The Kier molecular flexibility index (Phi) is 4.33. The van der Waals surface area contributed by atoms with Gasteiger partial charge < -0.3 is 1.43 Å². The third kappa shape index (κ3) is 3.01. The number of nitro benzene ring substituents is 1. The molecular weight excluding hydrogens is 153 g/mol. The second-order valence-electron chi connectivity index (χ2n) is 2.10. The summed E-state index contributed by atoms with van der Waals surface area (Å²) >= 11 is 0. The van der Waals surface area contributed by atoms with Crippen molar-refractivity contribution in [3.8, 4) is 0 Å². The summed E-state index contributed by atoms with van der Waals surface area (Å²) in [7, 11) is 0. The third-order valence-corrected chi connectivity index (χ3v) is 1.21. The van der Waals surface area contributed by atoms with Gasteiger partial charge in [0.2, 0.25) is 0 Å². The first-order valence-corrected chi connectivity index (χ1v) is 2.91. The Morgan fingerprint density at radius 1 is 1.55 bits per heavy atom. The zero-order chi connectivity index (χ0) is 7.56. The van der Waals surface area contributed by atoms with Crippen molar-refractivity contribution in [1.29, 1.82) is 0 Å². The minimum absolute atomic E-state index is 0. The van der Waals surface area contributed by atoms with Crippen LogP contribution in [0.2, 0.25) is 0 Å². The van der Waals surface area contributed by atoms with Crippen molar-refractivity contribution in [2.24, 2.45) is 0 Å². The van der Waals surface area contributed by atoms with Crippen LogP contribution in [0.15, 0.2) is 24.3 Å². The average Bonchev–Trinajstić information content (AvgIpc) is 1.88. The van der Waals surface area contributed by atoms with E-state index in [0.717, 1.165) is 5.56 Å². The summed E-state index contributed by atoms with van der Waals surface area (Å²) in [5.74, 6) is 0. The number of hydrogen-bond donors (Lipinski definition) is 0. The van der Waals surface area contributed by atoms with E-state index in [1.165, 1.54) is 6.07 Å². The predicted molar refractivity (Wildman–Crippen MR) is 38.9 cm³/mol. The van der Waals surface area contributed by atoms with Crippen LogP contribution >= 0.6 is 0 Å². The summed E-state index contributed by atoms with van der Waals surface area (Å²) in [5.41, 5.74) is 1.06. The standard InChI is InChI=1S/C7H7NO2.Na.H/c1-6-3-2-4-7(5-6)8(9)10;;/h2-5H,1H3;;/q;+1;-1. The molecular formula is C7H8NNaO2. The van der Waals surface area contributed by atoms with Crippen LogP contribution in [0.1, 0.15) is 6.99 Å². The van der Waals surface area contributed by atoms with Crippen molar-refractivity contribution >= 4 is 5.69 Å². The number of non-ortho nitro benzene ring substituents is 1. The number of nitrogens with zero attached hydrogens (tertiary/aromatic N) is 1. The minimum Gasteiger partial charge on any atom is -1.00 e. The van der Waals surface area contributed by atoms with Crippen LogP contribution in [-0.4, -0.2) is 4.92 Å². The molecule has 0 aliphatic heterocycles. The molecule has 0 saturated carbocycles. The molecule has 0 aliphatic rings. The molecule has 1 rings (SSSR count). The Labute approximate surface area is 88.3 Å². The van der Waals surface area contributed by atoms with Gasteiger partial charge in [-0.1, -0.05) is 12.1 Å². The minimum atomic E-state index is -0.396. The first-order chi connectivity index (χ1) is 4.70. The molecule has 0 atom stereocenters. The number of hydrogen-bond acceptors (Lipinski definition) is 2. The molecule has 0 N–H and O–H groups in total. The maximum absolute atomic E-state index is 10.2. The molecule has 0 unspecified atom stereocenters. The van der Waals surface area contributed by atoms with Crippen molar-refractivity contribution in [3.63, 3.8) is 0 Å². The fourth-order valence-corrected chi connectivity index (χ4v) is 0.742. The van der Waals surface area contributed by atoms with Gasteiger partial charge >= 0.3 is 29.6 Å². The number of benzene rings is 1. The van der Waals surface area contributed by atoms with E-state index in [2.05, 4.69) is 0 Å². The Morgan fingerprint density at radius 3 is 2.55 bits per heavy atom. The molecule has 0 aliphatic carbocycles. The smallest absolute Gasteiger partial charge is 1.00 e. The molecule has 0 fully saturated rings. The van der Waals surface area contributed by atoms with E-state index in [1.807, 2.05) is 13.0 Å². The van der Waals surface area contributed by atoms with E-state index in [-0.39, 0.29) is 36.7 Å². The van der Waals surface area contributed by atoms with Crippen LogP contribution in [0.3, 0.4) is 0 Å². The van der Waals surface area contributed by atoms with Crippen LogP contribution in [-0.2, 0) is 0 Å². The number of nitro groups is 1. The van der Waals surface area contributed by atoms with Crippen molar-refractivity contribution in [3.05, 3.63) is 39.9 Å². The summed E-state index contributed by atoms with van der Waals surface area (Å²) in [4.78, 5) is 9.76. The Morgan fingerprint density at radius 2 is 2.18 bits per heavy atom. The molecule has 0 radical (unpaired) electrons. The molecule has 1 aromatic carbocycles. The van der Waals surface area contributed by atoms with E-state index in [9.17, 15) is 10.1 Å². The summed E-state index contributed by atoms with van der Waals surface area (Å²) in [5, 5.41) is 10.2. The molecule has 0 aromatic heterocycles. The van der Waals surface area contributed by atoms with Gasteiger partial charge in [0.25, 0.3) is 5.69 Å². The molecule has 0 amide bonds. The van der Waals surface area contributed by atoms with Crippen molar-refractivity contribution < 1.29 is 35.9 Å². The van der Waals surface area contributed by atoms with Gasteiger partial charge in [-0.25, -0.2) is 0 Å². The molecule has 3 nitrogen and oxygen atoms in total. The maximum Gasteiger partial charge on any atom is 1.00 e. The Balaban J connectivity index is 0. The van der Waals surface area contributed by atoms with E-state index in [4.69, 9.17) is 0 Å². The molecule has 0 bridgehead atoms. The topological polar surface area (TPSA) is 43.1 Å². The van der Waals surface area contributed by atoms with Gasteiger partial charge in [-0.15, -0.1) is 0 Å². The van der Waals surface area contributed by atoms with Crippen molar-refractivity contribution in [1.82, 2.24) is 0 Å². The van der Waals surface area contributed by atoms with Gasteiger partial charge in [-0.2, -0.15) is 0 Å². The van der Waals surface area contributed by atoms with E-state index >= 15 is 0 Å². The summed E-state index contributed by atoms with van der Waals surface area (Å²) in [6.45, 7) is 1.83. The fourth-order valence-electron chi connectivity index (χ4n) is 0.742. The SMILES string of the molecule is Cc1cccc([N+](=O)[O-])c1.[H-].[Na+]. The first kappa shape index (κ1) is 10.6.